The Labute approximate surface area is 281 Å². The van der Waals surface area contributed by atoms with E-state index in [1.807, 2.05) is 13.8 Å². The lowest BCUT2D eigenvalue weighted by molar-refractivity contribution is -0.250. The van der Waals surface area contributed by atoms with Gasteiger partial charge in [0.25, 0.3) is 0 Å². The number of nitrogens with one attached hydrogen (secondary N) is 1. The number of carboxylic acid groups (broad SMARTS) is 1. The summed E-state index contributed by atoms with van der Waals surface area (Å²) in [6.07, 6.45) is 15.4. The number of esters is 1. The number of carboxylic acids is 1. The summed E-state index contributed by atoms with van der Waals surface area (Å²) >= 11 is 0. The molecule has 0 aliphatic heterocycles. The Hall–Kier alpha value is -1.36. The van der Waals surface area contributed by atoms with E-state index in [-0.39, 0.29) is 35.7 Å². The van der Waals surface area contributed by atoms with Gasteiger partial charge in [0, 0.05) is 5.41 Å². The average molecular weight is 640 g/mol. The van der Waals surface area contributed by atoms with Crippen LogP contribution in [0.2, 0.25) is 0 Å². The van der Waals surface area contributed by atoms with Gasteiger partial charge in [-0.05, 0) is 154 Å². The number of carbonyl (C=O) groups is 2. The molecule has 2 N–H and O–H groups in total. The quantitative estimate of drug-likeness (QED) is 0.134. The standard InChI is InChI=1S/C41H69NO4/c1-11-42-24-12-18-41-21-15-28(27(2)3)35(41)29-13-14-31-38(8)19-17-32(46-34(45)26-36(4,5)25-33(43)44)37(6,7)30(38)16-20-40(31,10)39(29,9)22-23-41/h28-32,35,42H,2,11-26H2,1,3-10H3,(H,43,44)/t28-,29+,30-,31+,32-,35+,38-,39+,40+,41+/m0/s1. The van der Waals surface area contributed by atoms with Crippen molar-refractivity contribution in [1.82, 2.24) is 5.32 Å². The maximum Gasteiger partial charge on any atom is 0.306 e. The lowest BCUT2D eigenvalue weighted by atomic mass is 9.32. The third-order valence-electron chi connectivity index (χ3n) is 16.0. The second-order valence-corrected chi connectivity index (χ2v) is 19.3. The van der Waals surface area contributed by atoms with Gasteiger partial charge in [-0.3, -0.25) is 9.59 Å². The Morgan fingerprint density at radius 1 is 0.891 bits per heavy atom. The van der Waals surface area contributed by atoms with Crippen LogP contribution < -0.4 is 5.32 Å². The molecule has 0 unspecified atom stereocenters. The fourth-order valence-corrected chi connectivity index (χ4v) is 13.7. The first-order chi connectivity index (χ1) is 21.4. The number of carbonyl (C=O) groups excluding carboxylic acids is 1. The first-order valence-electron chi connectivity index (χ1n) is 19.1. The van der Waals surface area contributed by atoms with E-state index < -0.39 is 11.4 Å². The van der Waals surface area contributed by atoms with Crippen LogP contribution in [0.4, 0.5) is 0 Å². The molecular formula is C41H69NO4. The van der Waals surface area contributed by atoms with Crippen molar-refractivity contribution in [3.05, 3.63) is 12.2 Å². The van der Waals surface area contributed by atoms with Gasteiger partial charge in [0.2, 0.25) is 0 Å². The van der Waals surface area contributed by atoms with Crippen molar-refractivity contribution in [2.24, 2.45) is 62.1 Å². The maximum atomic E-state index is 13.2. The van der Waals surface area contributed by atoms with Crippen molar-refractivity contribution in [3.63, 3.8) is 0 Å². The summed E-state index contributed by atoms with van der Waals surface area (Å²) in [5.74, 6) is 2.35. The number of allylic oxidation sites excluding steroid dienone is 1. The van der Waals surface area contributed by atoms with E-state index >= 15 is 0 Å². The lowest BCUT2D eigenvalue weighted by Gasteiger charge is -2.73. The molecule has 0 heterocycles. The molecule has 0 aromatic heterocycles. The zero-order valence-corrected chi connectivity index (χ0v) is 31.2. The van der Waals surface area contributed by atoms with Crippen LogP contribution in [0.1, 0.15) is 152 Å². The first-order valence-corrected chi connectivity index (χ1v) is 19.1. The molecule has 0 radical (unpaired) electrons. The lowest BCUT2D eigenvalue weighted by Crippen LogP contribution is -2.66. The second kappa shape index (κ2) is 12.5. The van der Waals surface area contributed by atoms with Crippen LogP contribution in [0.5, 0.6) is 0 Å². The monoisotopic (exact) mass is 640 g/mol. The van der Waals surface area contributed by atoms with E-state index in [0.29, 0.717) is 34.0 Å². The zero-order chi connectivity index (χ0) is 33.9. The molecule has 5 saturated carbocycles. The molecule has 0 bridgehead atoms. The zero-order valence-electron chi connectivity index (χ0n) is 31.2. The fourth-order valence-electron chi connectivity index (χ4n) is 13.7. The van der Waals surface area contributed by atoms with Gasteiger partial charge >= 0.3 is 11.9 Å². The molecule has 5 heteroatoms. The summed E-state index contributed by atoms with van der Waals surface area (Å²) in [7, 11) is 0. The Morgan fingerprint density at radius 3 is 2.26 bits per heavy atom. The van der Waals surface area contributed by atoms with Crippen molar-refractivity contribution in [1.29, 1.82) is 0 Å². The maximum absolute atomic E-state index is 13.2. The average Bonchev–Trinajstić information content (AvgIpc) is 3.32. The van der Waals surface area contributed by atoms with Crippen molar-refractivity contribution in [2.75, 3.05) is 13.1 Å². The molecule has 5 nitrogen and oxygen atoms in total. The largest absolute Gasteiger partial charge is 0.481 e. The molecule has 0 amide bonds. The minimum atomic E-state index is -0.865. The van der Waals surface area contributed by atoms with Gasteiger partial charge in [-0.25, -0.2) is 0 Å². The van der Waals surface area contributed by atoms with Gasteiger partial charge in [-0.15, -0.1) is 0 Å². The number of hydrogen-bond acceptors (Lipinski definition) is 4. The minimum absolute atomic E-state index is 0.0258. The molecule has 0 spiro atoms. The highest BCUT2D eigenvalue weighted by molar-refractivity contribution is 5.73. The molecular weight excluding hydrogens is 570 g/mol. The molecule has 0 aromatic carbocycles. The summed E-state index contributed by atoms with van der Waals surface area (Å²) in [4.78, 5) is 24.5. The van der Waals surface area contributed by atoms with Crippen LogP contribution in [0.25, 0.3) is 0 Å². The predicted octanol–water partition coefficient (Wildman–Crippen LogP) is 9.84. The van der Waals surface area contributed by atoms with E-state index in [0.717, 1.165) is 37.8 Å². The Kier molecular flexibility index (Phi) is 9.77. The molecule has 5 aliphatic carbocycles. The summed E-state index contributed by atoms with van der Waals surface area (Å²) in [6, 6.07) is 0. The highest BCUT2D eigenvalue weighted by Gasteiger charge is 2.71. The summed E-state index contributed by atoms with van der Waals surface area (Å²) in [5, 5.41) is 12.9. The van der Waals surface area contributed by atoms with Crippen molar-refractivity contribution < 1.29 is 19.4 Å². The highest BCUT2D eigenvalue weighted by Crippen LogP contribution is 2.78. The second-order valence-electron chi connectivity index (χ2n) is 19.3. The SMILES string of the molecule is C=C(C)[C@@H]1CC[C@]2(CCCNCC)CC[C@]3(C)[C@H](CC[C@@H]4[C@@]5(C)CC[C@H](OC(=O)CC(C)(C)CC(=O)O)C(C)(C)[C@@H]5CC[C@]43C)[C@@H]12. The topological polar surface area (TPSA) is 75.6 Å². The Morgan fingerprint density at radius 2 is 1.61 bits per heavy atom. The van der Waals surface area contributed by atoms with Crippen LogP contribution in [-0.2, 0) is 14.3 Å². The van der Waals surface area contributed by atoms with E-state index in [1.54, 1.807) is 0 Å². The van der Waals surface area contributed by atoms with Crippen molar-refractivity contribution >= 4 is 11.9 Å². The summed E-state index contributed by atoms with van der Waals surface area (Å²) < 4.78 is 6.28. The van der Waals surface area contributed by atoms with Crippen molar-refractivity contribution in [2.45, 2.75) is 158 Å². The Balaban J connectivity index is 1.37. The molecule has 5 fully saturated rings. The van der Waals surface area contributed by atoms with E-state index in [4.69, 9.17) is 4.74 Å². The van der Waals surface area contributed by atoms with Crippen LogP contribution in [0.3, 0.4) is 0 Å². The molecule has 5 aliphatic rings. The van der Waals surface area contributed by atoms with Gasteiger partial charge < -0.3 is 15.2 Å². The van der Waals surface area contributed by atoms with Crippen LogP contribution in [0, 0.1) is 62.1 Å². The summed E-state index contributed by atoms with van der Waals surface area (Å²) in [5.41, 5.74) is 2.12. The van der Waals surface area contributed by atoms with E-state index in [9.17, 15) is 14.7 Å². The van der Waals surface area contributed by atoms with Gasteiger partial charge in [-0.1, -0.05) is 67.5 Å². The molecule has 0 saturated heterocycles. The van der Waals surface area contributed by atoms with Gasteiger partial charge in [-0.2, -0.15) is 0 Å². The van der Waals surface area contributed by atoms with Gasteiger partial charge in [0.15, 0.2) is 0 Å². The third-order valence-corrected chi connectivity index (χ3v) is 16.0. The normalized spacial score (nSPS) is 43.1. The van der Waals surface area contributed by atoms with Crippen LogP contribution in [0.15, 0.2) is 12.2 Å². The fraction of sp³-hybridized carbons (Fsp3) is 0.902. The number of fused-ring (bicyclic) bond motifs is 7. The number of hydrogen-bond donors (Lipinski definition) is 2. The van der Waals surface area contributed by atoms with Gasteiger partial charge in [0.05, 0.1) is 12.8 Å². The molecule has 0 aromatic rings. The minimum Gasteiger partial charge on any atom is -0.481 e. The van der Waals surface area contributed by atoms with Crippen molar-refractivity contribution in [3.8, 4) is 0 Å². The van der Waals surface area contributed by atoms with Crippen LogP contribution in [-0.4, -0.2) is 36.2 Å². The molecule has 5 rings (SSSR count). The van der Waals surface area contributed by atoms with E-state index in [1.165, 1.54) is 69.8 Å². The molecule has 46 heavy (non-hydrogen) atoms. The molecule has 10 atom stereocenters. The van der Waals surface area contributed by atoms with Gasteiger partial charge in [0.1, 0.15) is 6.10 Å². The third kappa shape index (κ3) is 5.83. The van der Waals surface area contributed by atoms with Crippen LogP contribution >= 0.6 is 0 Å². The first kappa shape index (κ1) is 35.9. The predicted molar refractivity (Wildman–Crippen MR) is 187 cm³/mol. The van der Waals surface area contributed by atoms with E-state index in [2.05, 4.69) is 60.4 Å². The smallest absolute Gasteiger partial charge is 0.306 e. The summed E-state index contributed by atoms with van der Waals surface area (Å²) in [6.45, 7) is 27.9. The number of ether oxygens (including phenoxy) is 1. The highest BCUT2D eigenvalue weighted by atomic mass is 16.5. The number of rotatable bonds is 11. The molecule has 262 valence electrons. The Bertz CT molecular complexity index is 1170. The number of aliphatic carboxylic acids is 1.